The average molecular weight is 261 g/mol. The standard InChI is InChI=1S/C13H15N3O3/c1-8(2)16(7-12(17)18)13(19)9-3-4-10-6-14-15-11(10)5-9/h3-6,8H,7H2,1-2H3,(H,14,15)(H,17,18). The molecule has 1 aromatic heterocycles. The molecule has 1 amide bonds. The highest BCUT2D eigenvalue weighted by atomic mass is 16.4. The van der Waals surface area contributed by atoms with Crippen LogP contribution in [0.2, 0.25) is 0 Å². The van der Waals surface area contributed by atoms with Crippen molar-refractivity contribution in [2.45, 2.75) is 19.9 Å². The summed E-state index contributed by atoms with van der Waals surface area (Å²) in [5.41, 5.74) is 1.21. The van der Waals surface area contributed by atoms with Crippen LogP contribution in [0.4, 0.5) is 0 Å². The van der Waals surface area contributed by atoms with Crippen LogP contribution in [-0.4, -0.2) is 44.7 Å². The van der Waals surface area contributed by atoms with Gasteiger partial charge < -0.3 is 10.0 Å². The molecule has 0 bridgehead atoms. The number of carbonyl (C=O) groups is 2. The molecular formula is C13H15N3O3. The predicted molar refractivity (Wildman–Crippen MR) is 69.9 cm³/mol. The zero-order chi connectivity index (χ0) is 14.0. The molecule has 1 heterocycles. The second-order valence-corrected chi connectivity index (χ2v) is 4.59. The Morgan fingerprint density at radius 3 is 2.79 bits per heavy atom. The van der Waals surface area contributed by atoms with Gasteiger partial charge in [0.1, 0.15) is 6.54 Å². The highest BCUT2D eigenvalue weighted by Crippen LogP contribution is 2.15. The Kier molecular flexibility index (Phi) is 3.50. The third kappa shape index (κ3) is 2.73. The van der Waals surface area contributed by atoms with E-state index in [-0.39, 0.29) is 18.5 Å². The number of hydrogen-bond donors (Lipinski definition) is 2. The van der Waals surface area contributed by atoms with E-state index in [0.29, 0.717) is 5.56 Å². The van der Waals surface area contributed by atoms with Crippen molar-refractivity contribution in [3.8, 4) is 0 Å². The van der Waals surface area contributed by atoms with E-state index in [1.165, 1.54) is 4.90 Å². The van der Waals surface area contributed by atoms with Crippen molar-refractivity contribution in [1.29, 1.82) is 0 Å². The molecule has 0 radical (unpaired) electrons. The summed E-state index contributed by atoms with van der Waals surface area (Å²) in [6, 6.07) is 4.96. The first-order valence-corrected chi connectivity index (χ1v) is 5.95. The van der Waals surface area contributed by atoms with Gasteiger partial charge in [0, 0.05) is 17.0 Å². The second kappa shape index (κ2) is 5.09. The van der Waals surface area contributed by atoms with E-state index in [4.69, 9.17) is 5.11 Å². The van der Waals surface area contributed by atoms with E-state index < -0.39 is 5.97 Å². The van der Waals surface area contributed by atoms with Crippen LogP contribution in [0.5, 0.6) is 0 Å². The van der Waals surface area contributed by atoms with Crippen molar-refractivity contribution in [3.05, 3.63) is 30.0 Å². The van der Waals surface area contributed by atoms with Crippen LogP contribution in [-0.2, 0) is 4.79 Å². The Morgan fingerprint density at radius 2 is 2.16 bits per heavy atom. The fourth-order valence-electron chi connectivity index (χ4n) is 1.87. The lowest BCUT2D eigenvalue weighted by Gasteiger charge is -2.24. The fourth-order valence-corrected chi connectivity index (χ4v) is 1.87. The summed E-state index contributed by atoms with van der Waals surface area (Å²) in [7, 11) is 0. The number of rotatable bonds is 4. The number of aliphatic carboxylic acids is 1. The minimum absolute atomic E-state index is 0.180. The summed E-state index contributed by atoms with van der Waals surface area (Å²) in [5.74, 6) is -1.32. The summed E-state index contributed by atoms with van der Waals surface area (Å²) in [4.78, 5) is 24.4. The molecule has 0 atom stereocenters. The van der Waals surface area contributed by atoms with Crippen molar-refractivity contribution < 1.29 is 14.7 Å². The lowest BCUT2D eigenvalue weighted by molar-refractivity contribution is -0.138. The molecule has 100 valence electrons. The Morgan fingerprint density at radius 1 is 1.42 bits per heavy atom. The summed E-state index contributed by atoms with van der Waals surface area (Å²) >= 11 is 0. The third-order valence-electron chi connectivity index (χ3n) is 2.88. The van der Waals surface area contributed by atoms with Crippen LogP contribution in [0, 0.1) is 0 Å². The number of nitrogens with one attached hydrogen (secondary N) is 1. The van der Waals surface area contributed by atoms with Crippen molar-refractivity contribution in [2.75, 3.05) is 6.54 Å². The lowest BCUT2D eigenvalue weighted by atomic mass is 10.1. The monoisotopic (exact) mass is 261 g/mol. The van der Waals surface area contributed by atoms with Gasteiger partial charge in [0.15, 0.2) is 0 Å². The number of hydrogen-bond acceptors (Lipinski definition) is 3. The molecule has 2 N–H and O–H groups in total. The number of carboxylic acids is 1. The maximum Gasteiger partial charge on any atom is 0.323 e. The van der Waals surface area contributed by atoms with Crippen LogP contribution in [0.15, 0.2) is 24.4 Å². The molecule has 19 heavy (non-hydrogen) atoms. The van der Waals surface area contributed by atoms with E-state index in [1.54, 1.807) is 38.2 Å². The van der Waals surface area contributed by atoms with Crippen molar-refractivity contribution in [1.82, 2.24) is 15.1 Å². The lowest BCUT2D eigenvalue weighted by Crippen LogP contribution is -2.40. The number of nitrogens with zero attached hydrogens (tertiary/aromatic N) is 2. The van der Waals surface area contributed by atoms with Crippen LogP contribution < -0.4 is 0 Å². The number of benzene rings is 1. The van der Waals surface area contributed by atoms with Gasteiger partial charge in [-0.05, 0) is 26.0 Å². The first-order valence-electron chi connectivity index (χ1n) is 5.95. The molecule has 0 unspecified atom stereocenters. The van der Waals surface area contributed by atoms with E-state index >= 15 is 0 Å². The predicted octanol–water partition coefficient (Wildman–Crippen LogP) is 1.50. The van der Waals surface area contributed by atoms with E-state index in [9.17, 15) is 9.59 Å². The van der Waals surface area contributed by atoms with Gasteiger partial charge in [0.2, 0.25) is 0 Å². The number of aromatic amines is 1. The maximum absolute atomic E-state index is 12.3. The topological polar surface area (TPSA) is 86.3 Å². The van der Waals surface area contributed by atoms with Crippen LogP contribution >= 0.6 is 0 Å². The Balaban J connectivity index is 2.32. The first-order chi connectivity index (χ1) is 8.99. The minimum atomic E-state index is -1.02. The molecule has 2 rings (SSSR count). The zero-order valence-corrected chi connectivity index (χ0v) is 10.8. The number of amides is 1. The van der Waals surface area contributed by atoms with Gasteiger partial charge in [-0.3, -0.25) is 14.7 Å². The summed E-state index contributed by atoms with van der Waals surface area (Å²) in [6.07, 6.45) is 1.67. The number of aromatic nitrogens is 2. The van der Waals surface area contributed by atoms with Crippen molar-refractivity contribution >= 4 is 22.8 Å². The molecule has 0 aliphatic rings. The number of fused-ring (bicyclic) bond motifs is 1. The second-order valence-electron chi connectivity index (χ2n) is 4.59. The largest absolute Gasteiger partial charge is 0.480 e. The van der Waals surface area contributed by atoms with Gasteiger partial charge in [-0.2, -0.15) is 5.10 Å². The first kappa shape index (κ1) is 13.1. The van der Waals surface area contributed by atoms with E-state index in [0.717, 1.165) is 10.9 Å². The molecule has 0 spiro atoms. The fraction of sp³-hybridized carbons (Fsp3) is 0.308. The van der Waals surface area contributed by atoms with Gasteiger partial charge in [-0.25, -0.2) is 0 Å². The van der Waals surface area contributed by atoms with Gasteiger partial charge >= 0.3 is 5.97 Å². The van der Waals surface area contributed by atoms with Crippen LogP contribution in [0.3, 0.4) is 0 Å². The summed E-state index contributed by atoms with van der Waals surface area (Å²) < 4.78 is 0. The Bertz CT molecular complexity index is 618. The third-order valence-corrected chi connectivity index (χ3v) is 2.88. The zero-order valence-electron chi connectivity index (χ0n) is 10.8. The van der Waals surface area contributed by atoms with Crippen molar-refractivity contribution in [2.24, 2.45) is 0 Å². The minimum Gasteiger partial charge on any atom is -0.480 e. The normalized spacial score (nSPS) is 10.9. The molecule has 6 nitrogen and oxygen atoms in total. The van der Waals surface area contributed by atoms with Gasteiger partial charge in [0.05, 0.1) is 11.7 Å². The van der Waals surface area contributed by atoms with Crippen LogP contribution in [0.25, 0.3) is 10.9 Å². The van der Waals surface area contributed by atoms with E-state index in [1.807, 2.05) is 0 Å². The Labute approximate surface area is 110 Å². The number of H-pyrrole nitrogens is 1. The van der Waals surface area contributed by atoms with Crippen LogP contribution in [0.1, 0.15) is 24.2 Å². The van der Waals surface area contributed by atoms with Gasteiger partial charge in [-0.15, -0.1) is 0 Å². The molecule has 0 fully saturated rings. The number of carbonyl (C=O) groups excluding carboxylic acids is 1. The average Bonchev–Trinajstić information content (AvgIpc) is 2.81. The summed E-state index contributed by atoms with van der Waals surface area (Å²) in [6.45, 7) is 3.27. The molecule has 0 aliphatic carbocycles. The van der Waals surface area contributed by atoms with Gasteiger partial charge in [-0.1, -0.05) is 6.07 Å². The quantitative estimate of drug-likeness (QED) is 0.873. The van der Waals surface area contributed by atoms with Gasteiger partial charge in [0.25, 0.3) is 5.91 Å². The van der Waals surface area contributed by atoms with Crippen molar-refractivity contribution in [3.63, 3.8) is 0 Å². The number of carboxylic acid groups (broad SMARTS) is 1. The SMILES string of the molecule is CC(C)N(CC(=O)O)C(=O)c1ccc2cn[nH]c2c1. The molecular weight excluding hydrogens is 246 g/mol. The molecule has 2 aromatic rings. The Hall–Kier alpha value is -2.37. The molecule has 0 saturated carbocycles. The molecule has 0 saturated heterocycles. The molecule has 1 aromatic carbocycles. The molecule has 0 aliphatic heterocycles. The summed E-state index contributed by atoms with van der Waals surface area (Å²) in [5, 5.41) is 16.4. The van der Waals surface area contributed by atoms with E-state index in [2.05, 4.69) is 10.2 Å². The smallest absolute Gasteiger partial charge is 0.323 e. The molecule has 6 heteroatoms. The highest BCUT2D eigenvalue weighted by Gasteiger charge is 2.21. The highest BCUT2D eigenvalue weighted by molar-refractivity contribution is 5.99. The maximum atomic E-state index is 12.3.